The highest BCUT2D eigenvalue weighted by Crippen LogP contribution is 2.20. The van der Waals surface area contributed by atoms with Crippen LogP contribution in [0.15, 0.2) is 0 Å². The summed E-state index contributed by atoms with van der Waals surface area (Å²) in [6.07, 6.45) is 1.09. The van der Waals surface area contributed by atoms with E-state index in [9.17, 15) is 4.39 Å². The molecule has 62 valence electrons. The Kier molecular flexibility index (Phi) is 4.67. The van der Waals surface area contributed by atoms with Crippen LogP contribution in [0.1, 0.15) is 40.5 Å². The van der Waals surface area contributed by atoms with Crippen molar-refractivity contribution in [1.29, 1.82) is 0 Å². The van der Waals surface area contributed by atoms with Crippen LogP contribution in [0.25, 0.3) is 0 Å². The molecule has 0 radical (unpaired) electrons. The van der Waals surface area contributed by atoms with E-state index in [1.165, 1.54) is 0 Å². The van der Waals surface area contributed by atoms with E-state index in [2.05, 4.69) is 13.8 Å². The van der Waals surface area contributed by atoms with Crippen molar-refractivity contribution in [2.45, 2.75) is 46.7 Å². The fourth-order valence-corrected chi connectivity index (χ4v) is 0.956. The minimum absolute atomic E-state index is 0.222. The summed E-state index contributed by atoms with van der Waals surface area (Å²) in [7, 11) is 0. The first-order valence-corrected chi connectivity index (χ1v) is 4.23. The largest absolute Gasteiger partial charge is 0.247 e. The van der Waals surface area contributed by atoms with E-state index in [1.54, 1.807) is 0 Å². The molecule has 0 aliphatic heterocycles. The molecule has 0 saturated heterocycles. The lowest BCUT2D eigenvalue weighted by atomic mass is 9.91. The summed E-state index contributed by atoms with van der Waals surface area (Å²) in [6.45, 7) is 8.17. The second kappa shape index (κ2) is 4.70. The number of hydrogen-bond donors (Lipinski definition) is 0. The van der Waals surface area contributed by atoms with Crippen LogP contribution in [0.2, 0.25) is 0 Å². The van der Waals surface area contributed by atoms with Crippen molar-refractivity contribution >= 4 is 0 Å². The van der Waals surface area contributed by atoms with E-state index in [1.807, 2.05) is 13.8 Å². The van der Waals surface area contributed by atoms with E-state index < -0.39 is 6.17 Å². The fraction of sp³-hybridized carbons (Fsp3) is 1.00. The Balaban J connectivity index is 3.58. The first-order chi connectivity index (χ1) is 4.59. The van der Waals surface area contributed by atoms with Crippen LogP contribution in [0.5, 0.6) is 0 Å². The maximum absolute atomic E-state index is 13.0. The van der Waals surface area contributed by atoms with Crippen LogP contribution in [0.4, 0.5) is 4.39 Å². The summed E-state index contributed by atoms with van der Waals surface area (Å²) >= 11 is 0. The van der Waals surface area contributed by atoms with Gasteiger partial charge in [-0.2, -0.15) is 0 Å². The summed E-state index contributed by atoms with van der Waals surface area (Å²) in [5.41, 5.74) is 0. The molecule has 0 aliphatic rings. The molecule has 0 aliphatic carbocycles. The van der Waals surface area contributed by atoms with Gasteiger partial charge in [0.2, 0.25) is 0 Å². The summed E-state index contributed by atoms with van der Waals surface area (Å²) in [5, 5.41) is 0. The van der Waals surface area contributed by atoms with Gasteiger partial charge in [-0.1, -0.05) is 34.1 Å². The molecule has 0 bridgehead atoms. The highest BCUT2D eigenvalue weighted by molar-refractivity contribution is 4.66. The molecule has 2 unspecified atom stereocenters. The monoisotopic (exact) mass is 146 g/mol. The number of hydrogen-bond acceptors (Lipinski definition) is 0. The fourth-order valence-electron chi connectivity index (χ4n) is 0.956. The molecule has 0 fully saturated rings. The highest BCUT2D eigenvalue weighted by Gasteiger charge is 2.17. The smallest absolute Gasteiger partial charge is 0.103 e. The minimum Gasteiger partial charge on any atom is -0.247 e. The maximum atomic E-state index is 13.0. The lowest BCUT2D eigenvalue weighted by Gasteiger charge is -2.19. The minimum atomic E-state index is -0.593. The van der Waals surface area contributed by atoms with Gasteiger partial charge in [0.05, 0.1) is 0 Å². The van der Waals surface area contributed by atoms with Crippen molar-refractivity contribution in [3.63, 3.8) is 0 Å². The average molecular weight is 146 g/mol. The molecule has 10 heavy (non-hydrogen) atoms. The molecule has 0 saturated carbocycles. The first-order valence-electron chi connectivity index (χ1n) is 4.23. The summed E-state index contributed by atoms with van der Waals surface area (Å²) in [4.78, 5) is 0. The van der Waals surface area contributed by atoms with Gasteiger partial charge in [-0.3, -0.25) is 0 Å². The molecule has 0 aromatic rings. The molecular formula is C9H19F. The molecule has 0 nitrogen and oxygen atoms in total. The first kappa shape index (κ1) is 9.93. The third-order valence-electron chi connectivity index (χ3n) is 2.19. The van der Waals surface area contributed by atoms with Crippen molar-refractivity contribution in [2.24, 2.45) is 11.8 Å². The van der Waals surface area contributed by atoms with Gasteiger partial charge in [0.15, 0.2) is 0 Å². The van der Waals surface area contributed by atoms with Gasteiger partial charge in [-0.05, 0) is 18.3 Å². The maximum Gasteiger partial charge on any atom is 0.103 e. The molecule has 0 heterocycles. The lowest BCUT2D eigenvalue weighted by molar-refractivity contribution is 0.184. The van der Waals surface area contributed by atoms with Crippen molar-refractivity contribution < 1.29 is 4.39 Å². The molecule has 0 spiro atoms. The molecule has 0 aromatic heterocycles. The summed E-state index contributed by atoms with van der Waals surface area (Å²) in [5.74, 6) is 0.696. The van der Waals surface area contributed by atoms with Gasteiger partial charge in [0, 0.05) is 0 Å². The average Bonchev–Trinajstić information content (AvgIpc) is 1.87. The Bertz CT molecular complexity index is 78.8. The third kappa shape index (κ3) is 3.19. The number of halogens is 1. The Morgan fingerprint density at radius 3 is 2.00 bits per heavy atom. The standard InChI is InChI=1S/C9H19F/c1-5-6-9(10)8(4)7(2)3/h7-9H,5-6H2,1-4H3. The third-order valence-corrected chi connectivity index (χ3v) is 2.19. The van der Waals surface area contributed by atoms with Gasteiger partial charge >= 0.3 is 0 Å². The van der Waals surface area contributed by atoms with E-state index in [-0.39, 0.29) is 5.92 Å². The van der Waals surface area contributed by atoms with Gasteiger partial charge < -0.3 is 0 Å². The van der Waals surface area contributed by atoms with Crippen LogP contribution in [0, 0.1) is 11.8 Å². The van der Waals surface area contributed by atoms with Crippen molar-refractivity contribution in [3.05, 3.63) is 0 Å². The molecule has 0 aromatic carbocycles. The SMILES string of the molecule is CCCC(F)C(C)C(C)C. The molecule has 0 rings (SSSR count). The number of rotatable bonds is 4. The topological polar surface area (TPSA) is 0 Å². The summed E-state index contributed by atoms with van der Waals surface area (Å²) < 4.78 is 13.0. The Labute approximate surface area is 63.8 Å². The highest BCUT2D eigenvalue weighted by atomic mass is 19.1. The van der Waals surface area contributed by atoms with Crippen LogP contribution in [-0.4, -0.2) is 6.17 Å². The van der Waals surface area contributed by atoms with Crippen molar-refractivity contribution in [3.8, 4) is 0 Å². The van der Waals surface area contributed by atoms with Crippen LogP contribution < -0.4 is 0 Å². The summed E-state index contributed by atoms with van der Waals surface area (Å²) in [6, 6.07) is 0. The van der Waals surface area contributed by atoms with Gasteiger partial charge in [-0.15, -0.1) is 0 Å². The van der Waals surface area contributed by atoms with Crippen LogP contribution in [-0.2, 0) is 0 Å². The van der Waals surface area contributed by atoms with Gasteiger partial charge in [0.25, 0.3) is 0 Å². The second-order valence-corrected chi connectivity index (χ2v) is 3.41. The lowest BCUT2D eigenvalue weighted by Crippen LogP contribution is -2.17. The molecule has 0 amide bonds. The zero-order valence-electron chi connectivity index (χ0n) is 7.52. The predicted octanol–water partition coefficient (Wildman–Crippen LogP) is 3.42. The zero-order chi connectivity index (χ0) is 8.15. The normalized spacial score (nSPS) is 17.4. The van der Waals surface area contributed by atoms with Crippen molar-refractivity contribution in [1.82, 2.24) is 0 Å². The van der Waals surface area contributed by atoms with E-state index in [0.29, 0.717) is 5.92 Å². The quantitative estimate of drug-likeness (QED) is 0.570. The van der Waals surface area contributed by atoms with E-state index in [4.69, 9.17) is 0 Å². The zero-order valence-corrected chi connectivity index (χ0v) is 7.52. The van der Waals surface area contributed by atoms with Gasteiger partial charge in [0.1, 0.15) is 6.17 Å². The van der Waals surface area contributed by atoms with E-state index >= 15 is 0 Å². The van der Waals surface area contributed by atoms with Crippen LogP contribution >= 0.6 is 0 Å². The van der Waals surface area contributed by atoms with Crippen LogP contribution in [0.3, 0.4) is 0 Å². The predicted molar refractivity (Wildman–Crippen MR) is 43.8 cm³/mol. The molecule has 2 atom stereocenters. The molecular weight excluding hydrogens is 127 g/mol. The number of alkyl halides is 1. The Morgan fingerprint density at radius 2 is 1.70 bits per heavy atom. The van der Waals surface area contributed by atoms with E-state index in [0.717, 1.165) is 12.8 Å². The van der Waals surface area contributed by atoms with Crippen molar-refractivity contribution in [2.75, 3.05) is 0 Å². The molecule has 0 N–H and O–H groups in total. The van der Waals surface area contributed by atoms with Gasteiger partial charge in [-0.25, -0.2) is 4.39 Å². The Morgan fingerprint density at radius 1 is 1.20 bits per heavy atom. The Hall–Kier alpha value is -0.0700. The molecule has 1 heteroatoms. The second-order valence-electron chi connectivity index (χ2n) is 3.41.